The Labute approximate surface area is 120 Å². The van der Waals surface area contributed by atoms with Gasteiger partial charge in [-0.05, 0) is 55.7 Å². The van der Waals surface area contributed by atoms with E-state index < -0.39 is 0 Å². The summed E-state index contributed by atoms with van der Waals surface area (Å²) in [5.41, 5.74) is 6.70. The van der Waals surface area contributed by atoms with Crippen molar-refractivity contribution in [1.29, 1.82) is 0 Å². The number of nitrogens with zero attached hydrogens (tertiary/aromatic N) is 2. The highest BCUT2D eigenvalue weighted by atomic mass is 16.2. The molecule has 2 aliphatic carbocycles. The first-order valence-electron chi connectivity index (χ1n) is 7.65. The highest BCUT2D eigenvalue weighted by molar-refractivity contribution is 5.79. The van der Waals surface area contributed by atoms with E-state index in [-0.39, 0.29) is 5.92 Å². The van der Waals surface area contributed by atoms with Crippen LogP contribution in [0, 0.1) is 17.8 Å². The SMILES string of the molecule is NCCCN(Cc1cccnc1)C(=O)C1CC2CC2C1. The Balaban J connectivity index is 1.63. The van der Waals surface area contributed by atoms with Crippen LogP contribution in [0.25, 0.3) is 0 Å². The van der Waals surface area contributed by atoms with Crippen molar-refractivity contribution in [2.45, 2.75) is 32.2 Å². The molecule has 2 N–H and O–H groups in total. The second kappa shape index (κ2) is 5.92. The van der Waals surface area contributed by atoms with Crippen molar-refractivity contribution < 1.29 is 4.79 Å². The van der Waals surface area contributed by atoms with Gasteiger partial charge >= 0.3 is 0 Å². The lowest BCUT2D eigenvalue weighted by atomic mass is 10.0. The minimum absolute atomic E-state index is 0.258. The summed E-state index contributed by atoms with van der Waals surface area (Å²) < 4.78 is 0. The molecule has 2 aliphatic rings. The Bertz CT molecular complexity index is 452. The third-order valence-corrected chi connectivity index (χ3v) is 4.63. The average molecular weight is 273 g/mol. The van der Waals surface area contributed by atoms with Crippen molar-refractivity contribution in [3.8, 4) is 0 Å². The minimum atomic E-state index is 0.258. The molecule has 108 valence electrons. The number of nitrogens with two attached hydrogens (primary N) is 1. The zero-order valence-electron chi connectivity index (χ0n) is 11.9. The van der Waals surface area contributed by atoms with Crippen molar-refractivity contribution >= 4 is 5.91 Å². The second-order valence-electron chi connectivity index (χ2n) is 6.19. The van der Waals surface area contributed by atoms with Crippen LogP contribution in [0.3, 0.4) is 0 Å². The highest BCUT2D eigenvalue weighted by Crippen LogP contribution is 2.54. The fourth-order valence-corrected chi connectivity index (χ4v) is 3.44. The van der Waals surface area contributed by atoms with Crippen molar-refractivity contribution in [3.05, 3.63) is 30.1 Å². The topological polar surface area (TPSA) is 59.2 Å². The largest absolute Gasteiger partial charge is 0.338 e. The van der Waals surface area contributed by atoms with Crippen LogP contribution in [0.4, 0.5) is 0 Å². The number of fused-ring (bicyclic) bond motifs is 1. The first kappa shape index (κ1) is 13.6. The van der Waals surface area contributed by atoms with Crippen molar-refractivity contribution in [3.63, 3.8) is 0 Å². The normalized spacial score (nSPS) is 27.1. The molecule has 4 nitrogen and oxygen atoms in total. The van der Waals surface area contributed by atoms with Crippen LogP contribution in [-0.4, -0.2) is 28.9 Å². The lowest BCUT2D eigenvalue weighted by Gasteiger charge is -2.26. The fourth-order valence-electron chi connectivity index (χ4n) is 3.44. The van der Waals surface area contributed by atoms with Gasteiger partial charge in [-0.15, -0.1) is 0 Å². The Kier molecular flexibility index (Phi) is 4.01. The maximum Gasteiger partial charge on any atom is 0.226 e. The van der Waals surface area contributed by atoms with Gasteiger partial charge in [0, 0.05) is 31.4 Å². The van der Waals surface area contributed by atoms with Crippen LogP contribution in [0.5, 0.6) is 0 Å². The molecule has 0 saturated heterocycles. The average Bonchev–Trinajstić information content (AvgIpc) is 3.10. The summed E-state index contributed by atoms with van der Waals surface area (Å²) in [5, 5.41) is 0. The predicted octanol–water partition coefficient (Wildman–Crippen LogP) is 1.81. The Morgan fingerprint density at radius 2 is 2.15 bits per heavy atom. The third kappa shape index (κ3) is 3.01. The molecule has 0 aliphatic heterocycles. The molecule has 0 spiro atoms. The van der Waals surface area contributed by atoms with Crippen molar-refractivity contribution in [2.24, 2.45) is 23.5 Å². The zero-order chi connectivity index (χ0) is 13.9. The number of carbonyl (C=O) groups excluding carboxylic acids is 1. The van der Waals surface area contributed by atoms with E-state index in [4.69, 9.17) is 5.73 Å². The number of aromatic nitrogens is 1. The number of hydrogen-bond donors (Lipinski definition) is 1. The van der Waals surface area contributed by atoms with Gasteiger partial charge in [-0.3, -0.25) is 9.78 Å². The van der Waals surface area contributed by atoms with Gasteiger partial charge in [-0.1, -0.05) is 6.07 Å². The van der Waals surface area contributed by atoms with E-state index in [9.17, 15) is 4.79 Å². The number of pyridine rings is 1. The third-order valence-electron chi connectivity index (χ3n) is 4.63. The monoisotopic (exact) mass is 273 g/mol. The molecule has 2 fully saturated rings. The molecule has 0 radical (unpaired) electrons. The lowest BCUT2D eigenvalue weighted by Crippen LogP contribution is -2.36. The molecule has 1 aromatic heterocycles. The van der Waals surface area contributed by atoms with Crippen molar-refractivity contribution in [1.82, 2.24) is 9.88 Å². The van der Waals surface area contributed by atoms with Gasteiger partial charge < -0.3 is 10.6 Å². The molecular formula is C16H23N3O. The molecule has 3 rings (SSSR count). The predicted molar refractivity (Wildman–Crippen MR) is 77.6 cm³/mol. The Hall–Kier alpha value is -1.42. The summed E-state index contributed by atoms with van der Waals surface area (Å²) in [6.45, 7) is 2.06. The number of carbonyl (C=O) groups is 1. The zero-order valence-corrected chi connectivity index (χ0v) is 11.9. The number of amides is 1. The second-order valence-corrected chi connectivity index (χ2v) is 6.19. The van der Waals surface area contributed by atoms with Crippen molar-refractivity contribution in [2.75, 3.05) is 13.1 Å². The highest BCUT2D eigenvalue weighted by Gasteiger charge is 2.48. The molecule has 2 saturated carbocycles. The molecule has 1 aromatic rings. The summed E-state index contributed by atoms with van der Waals surface area (Å²) in [4.78, 5) is 18.8. The first-order valence-corrected chi connectivity index (χ1v) is 7.65. The summed E-state index contributed by atoms with van der Waals surface area (Å²) in [6.07, 6.45) is 8.04. The summed E-state index contributed by atoms with van der Waals surface area (Å²) >= 11 is 0. The Morgan fingerprint density at radius 1 is 1.35 bits per heavy atom. The fraction of sp³-hybridized carbons (Fsp3) is 0.625. The molecule has 20 heavy (non-hydrogen) atoms. The van der Waals surface area contributed by atoms with E-state index in [2.05, 4.69) is 4.98 Å². The van der Waals surface area contributed by atoms with E-state index >= 15 is 0 Å². The van der Waals surface area contributed by atoms with E-state index in [1.54, 1.807) is 6.20 Å². The van der Waals surface area contributed by atoms with Crippen LogP contribution in [-0.2, 0) is 11.3 Å². The van der Waals surface area contributed by atoms with Gasteiger partial charge in [0.05, 0.1) is 0 Å². The van der Waals surface area contributed by atoms with Gasteiger partial charge in [-0.2, -0.15) is 0 Å². The molecule has 1 heterocycles. The maximum absolute atomic E-state index is 12.7. The van der Waals surface area contributed by atoms with Crippen LogP contribution in [0.1, 0.15) is 31.2 Å². The van der Waals surface area contributed by atoms with E-state index in [0.29, 0.717) is 19.0 Å². The molecule has 2 unspecified atom stereocenters. The molecular weight excluding hydrogens is 250 g/mol. The van der Waals surface area contributed by atoms with Gasteiger partial charge in [0.25, 0.3) is 0 Å². The molecule has 2 atom stereocenters. The molecule has 0 aromatic carbocycles. The molecule has 4 heteroatoms. The Morgan fingerprint density at radius 3 is 2.80 bits per heavy atom. The van der Waals surface area contributed by atoms with Crippen LogP contribution >= 0.6 is 0 Å². The van der Waals surface area contributed by atoms with Gasteiger partial charge in [0.1, 0.15) is 0 Å². The lowest BCUT2D eigenvalue weighted by molar-refractivity contribution is -0.136. The summed E-state index contributed by atoms with van der Waals surface area (Å²) in [5.74, 6) is 2.28. The number of hydrogen-bond acceptors (Lipinski definition) is 3. The maximum atomic E-state index is 12.7. The van der Waals surface area contributed by atoms with E-state index in [1.165, 1.54) is 6.42 Å². The molecule has 1 amide bonds. The van der Waals surface area contributed by atoms with Crippen LogP contribution in [0.15, 0.2) is 24.5 Å². The minimum Gasteiger partial charge on any atom is -0.338 e. The van der Waals surface area contributed by atoms with Gasteiger partial charge in [-0.25, -0.2) is 0 Å². The van der Waals surface area contributed by atoms with E-state index in [0.717, 1.165) is 43.2 Å². The van der Waals surface area contributed by atoms with E-state index in [1.807, 2.05) is 23.2 Å². The smallest absolute Gasteiger partial charge is 0.226 e. The molecule has 0 bridgehead atoms. The quantitative estimate of drug-likeness (QED) is 0.860. The van der Waals surface area contributed by atoms with Crippen LogP contribution in [0.2, 0.25) is 0 Å². The summed E-state index contributed by atoms with van der Waals surface area (Å²) in [6, 6.07) is 3.95. The standard InChI is InChI=1S/C16H23N3O/c17-4-2-6-19(11-12-3-1-5-18-10-12)16(20)15-8-13-7-14(13)9-15/h1,3,5,10,13-15H,2,4,6-9,11,17H2. The summed E-state index contributed by atoms with van der Waals surface area (Å²) in [7, 11) is 0. The van der Waals surface area contributed by atoms with Crippen LogP contribution < -0.4 is 5.73 Å². The number of rotatable bonds is 6. The first-order chi connectivity index (χ1) is 9.78. The van der Waals surface area contributed by atoms with Gasteiger partial charge in [0.15, 0.2) is 0 Å². The van der Waals surface area contributed by atoms with Gasteiger partial charge in [0.2, 0.25) is 5.91 Å².